The number of hydrogen-bond donors (Lipinski definition) is 1. The van der Waals surface area contributed by atoms with Crippen molar-refractivity contribution in [2.45, 2.75) is 32.9 Å². The Kier molecular flexibility index (Phi) is 5.53. The minimum atomic E-state index is 0.0389. The van der Waals surface area contributed by atoms with E-state index in [4.69, 9.17) is 8.94 Å². The van der Waals surface area contributed by atoms with Gasteiger partial charge in [-0.1, -0.05) is 35.0 Å². The molecule has 0 spiro atoms. The standard InChI is InChI=1S/C21H24N4O3/c1-15-4-6-16(7-5-15)20-23-19(28-24-20)14-25-10-8-17(9-11-25)21(26)22-13-18-3-2-12-27-18/h2-7,12,17H,8-11,13-14H2,1H3,(H,22,26). The lowest BCUT2D eigenvalue weighted by Gasteiger charge is -2.30. The Bertz CT molecular complexity index is 894. The van der Waals surface area contributed by atoms with Crippen molar-refractivity contribution >= 4 is 5.91 Å². The third kappa shape index (κ3) is 4.48. The number of amides is 1. The van der Waals surface area contributed by atoms with Gasteiger partial charge in [-0.2, -0.15) is 4.98 Å². The second-order valence-corrected chi connectivity index (χ2v) is 7.23. The Morgan fingerprint density at radius 2 is 2.00 bits per heavy atom. The van der Waals surface area contributed by atoms with Crippen molar-refractivity contribution in [3.63, 3.8) is 0 Å². The minimum absolute atomic E-state index is 0.0389. The highest BCUT2D eigenvalue weighted by Crippen LogP contribution is 2.21. The zero-order valence-corrected chi connectivity index (χ0v) is 15.9. The molecule has 0 unspecified atom stereocenters. The maximum atomic E-state index is 12.3. The molecular formula is C21H24N4O3. The summed E-state index contributed by atoms with van der Waals surface area (Å²) in [5, 5.41) is 7.04. The number of carbonyl (C=O) groups excluding carboxylic acids is 1. The second kappa shape index (κ2) is 8.39. The summed E-state index contributed by atoms with van der Waals surface area (Å²) in [5.74, 6) is 2.12. The third-order valence-corrected chi connectivity index (χ3v) is 5.11. The van der Waals surface area contributed by atoms with Crippen LogP contribution in [-0.2, 0) is 17.9 Å². The van der Waals surface area contributed by atoms with E-state index in [0.29, 0.717) is 24.8 Å². The number of nitrogens with zero attached hydrogens (tertiary/aromatic N) is 3. The fraction of sp³-hybridized carbons (Fsp3) is 0.381. The second-order valence-electron chi connectivity index (χ2n) is 7.23. The molecule has 0 aliphatic carbocycles. The number of furan rings is 1. The van der Waals surface area contributed by atoms with Gasteiger partial charge in [0.1, 0.15) is 5.76 Å². The van der Waals surface area contributed by atoms with Gasteiger partial charge in [0.15, 0.2) is 0 Å². The smallest absolute Gasteiger partial charge is 0.241 e. The molecule has 1 aromatic carbocycles. The molecule has 7 nitrogen and oxygen atoms in total. The summed E-state index contributed by atoms with van der Waals surface area (Å²) >= 11 is 0. The first-order chi connectivity index (χ1) is 13.7. The number of aromatic nitrogens is 2. The molecule has 1 N–H and O–H groups in total. The van der Waals surface area contributed by atoms with E-state index in [2.05, 4.69) is 20.4 Å². The van der Waals surface area contributed by atoms with Crippen molar-refractivity contribution < 1.29 is 13.7 Å². The average molecular weight is 380 g/mol. The summed E-state index contributed by atoms with van der Waals surface area (Å²) in [6.45, 7) is 4.77. The van der Waals surface area contributed by atoms with Crippen molar-refractivity contribution in [2.75, 3.05) is 13.1 Å². The molecule has 3 heterocycles. The summed E-state index contributed by atoms with van der Waals surface area (Å²) in [7, 11) is 0. The van der Waals surface area contributed by atoms with E-state index in [9.17, 15) is 4.79 Å². The van der Waals surface area contributed by atoms with Gasteiger partial charge in [-0.15, -0.1) is 0 Å². The van der Waals surface area contributed by atoms with Crippen LogP contribution in [0, 0.1) is 12.8 Å². The van der Waals surface area contributed by atoms with Gasteiger partial charge in [0.2, 0.25) is 17.6 Å². The van der Waals surface area contributed by atoms with E-state index in [1.165, 1.54) is 5.56 Å². The van der Waals surface area contributed by atoms with Crippen LogP contribution in [0.3, 0.4) is 0 Å². The van der Waals surface area contributed by atoms with Crippen molar-refractivity contribution in [3.8, 4) is 11.4 Å². The SMILES string of the molecule is Cc1ccc(-c2noc(CN3CCC(C(=O)NCc4ccco4)CC3)n2)cc1. The molecule has 4 rings (SSSR count). The molecule has 1 amide bonds. The number of benzene rings is 1. The van der Waals surface area contributed by atoms with Crippen LogP contribution >= 0.6 is 0 Å². The van der Waals surface area contributed by atoms with E-state index in [1.54, 1.807) is 6.26 Å². The summed E-state index contributed by atoms with van der Waals surface area (Å²) < 4.78 is 10.7. The Morgan fingerprint density at radius 3 is 2.71 bits per heavy atom. The molecule has 146 valence electrons. The predicted molar refractivity (Wildman–Crippen MR) is 103 cm³/mol. The molecule has 1 aliphatic heterocycles. The molecule has 1 fully saturated rings. The fourth-order valence-corrected chi connectivity index (χ4v) is 3.42. The number of likely N-dealkylation sites (tertiary alicyclic amines) is 1. The molecule has 0 bridgehead atoms. The highest BCUT2D eigenvalue weighted by atomic mass is 16.5. The van der Waals surface area contributed by atoms with E-state index >= 15 is 0 Å². The lowest BCUT2D eigenvalue weighted by atomic mass is 9.96. The van der Waals surface area contributed by atoms with Gasteiger partial charge in [0, 0.05) is 11.5 Å². The lowest BCUT2D eigenvalue weighted by molar-refractivity contribution is -0.126. The normalized spacial score (nSPS) is 15.6. The highest BCUT2D eigenvalue weighted by Gasteiger charge is 2.26. The number of carbonyl (C=O) groups is 1. The molecule has 2 aromatic heterocycles. The van der Waals surface area contributed by atoms with Crippen molar-refractivity contribution in [2.24, 2.45) is 5.92 Å². The monoisotopic (exact) mass is 380 g/mol. The molecule has 0 atom stereocenters. The topological polar surface area (TPSA) is 84.4 Å². The summed E-state index contributed by atoms with van der Waals surface area (Å²) in [6, 6.07) is 11.7. The minimum Gasteiger partial charge on any atom is -0.467 e. The molecular weight excluding hydrogens is 356 g/mol. The van der Waals surface area contributed by atoms with E-state index in [1.807, 2.05) is 43.3 Å². The Labute approximate surface area is 163 Å². The molecule has 3 aromatic rings. The van der Waals surface area contributed by atoms with Gasteiger partial charge in [0.25, 0.3) is 0 Å². The number of nitrogens with one attached hydrogen (secondary N) is 1. The fourth-order valence-electron chi connectivity index (χ4n) is 3.42. The number of rotatable bonds is 6. The van der Waals surface area contributed by atoms with Crippen LogP contribution in [0.2, 0.25) is 0 Å². The first kappa shape index (κ1) is 18.4. The van der Waals surface area contributed by atoms with Crippen LogP contribution < -0.4 is 5.32 Å². The molecule has 0 radical (unpaired) electrons. The van der Waals surface area contributed by atoms with E-state index in [0.717, 1.165) is 37.3 Å². The lowest BCUT2D eigenvalue weighted by Crippen LogP contribution is -2.40. The average Bonchev–Trinajstić information content (AvgIpc) is 3.39. The zero-order chi connectivity index (χ0) is 19.3. The van der Waals surface area contributed by atoms with Crippen LogP contribution in [0.25, 0.3) is 11.4 Å². The van der Waals surface area contributed by atoms with Crippen molar-refractivity contribution in [3.05, 3.63) is 59.9 Å². The first-order valence-corrected chi connectivity index (χ1v) is 9.59. The summed E-state index contributed by atoms with van der Waals surface area (Å²) in [4.78, 5) is 19.1. The van der Waals surface area contributed by atoms with Crippen LogP contribution in [0.1, 0.15) is 30.1 Å². The Hall–Kier alpha value is -2.93. The van der Waals surface area contributed by atoms with Gasteiger partial charge >= 0.3 is 0 Å². The van der Waals surface area contributed by atoms with Crippen LogP contribution in [0.4, 0.5) is 0 Å². The van der Waals surface area contributed by atoms with Crippen LogP contribution in [0.5, 0.6) is 0 Å². The predicted octanol–water partition coefficient (Wildman–Crippen LogP) is 3.17. The Balaban J connectivity index is 1.25. The van der Waals surface area contributed by atoms with Gasteiger partial charge in [0.05, 0.1) is 19.4 Å². The first-order valence-electron chi connectivity index (χ1n) is 9.59. The largest absolute Gasteiger partial charge is 0.467 e. The van der Waals surface area contributed by atoms with Crippen molar-refractivity contribution in [1.82, 2.24) is 20.4 Å². The van der Waals surface area contributed by atoms with E-state index in [-0.39, 0.29) is 11.8 Å². The van der Waals surface area contributed by atoms with Crippen LogP contribution in [-0.4, -0.2) is 34.0 Å². The quantitative estimate of drug-likeness (QED) is 0.707. The summed E-state index contributed by atoms with van der Waals surface area (Å²) in [6.07, 6.45) is 3.26. The van der Waals surface area contributed by atoms with E-state index < -0.39 is 0 Å². The zero-order valence-electron chi connectivity index (χ0n) is 15.9. The molecule has 7 heteroatoms. The van der Waals surface area contributed by atoms with Gasteiger partial charge in [-0.05, 0) is 45.0 Å². The maximum Gasteiger partial charge on any atom is 0.241 e. The maximum absolute atomic E-state index is 12.3. The number of piperidine rings is 1. The van der Waals surface area contributed by atoms with Gasteiger partial charge in [-0.25, -0.2) is 0 Å². The Morgan fingerprint density at radius 1 is 1.21 bits per heavy atom. The van der Waals surface area contributed by atoms with Crippen molar-refractivity contribution in [1.29, 1.82) is 0 Å². The van der Waals surface area contributed by atoms with Crippen LogP contribution in [0.15, 0.2) is 51.6 Å². The van der Waals surface area contributed by atoms with Gasteiger partial charge < -0.3 is 14.3 Å². The number of hydrogen-bond acceptors (Lipinski definition) is 6. The molecule has 1 saturated heterocycles. The molecule has 0 saturated carbocycles. The highest BCUT2D eigenvalue weighted by molar-refractivity contribution is 5.78. The molecule has 28 heavy (non-hydrogen) atoms. The number of aryl methyl sites for hydroxylation is 1. The third-order valence-electron chi connectivity index (χ3n) is 5.11. The molecule has 1 aliphatic rings. The summed E-state index contributed by atoms with van der Waals surface area (Å²) in [5.41, 5.74) is 2.15. The van der Waals surface area contributed by atoms with Gasteiger partial charge in [-0.3, -0.25) is 9.69 Å².